The highest BCUT2D eigenvalue weighted by Gasteiger charge is 2.27. The fraction of sp³-hybridized carbons (Fsp3) is 0.364. The van der Waals surface area contributed by atoms with Crippen LogP contribution in [0.4, 0.5) is 0 Å². The molecule has 0 saturated carbocycles. The maximum absolute atomic E-state index is 11.5. The highest BCUT2D eigenvalue weighted by atomic mass is 16.7. The zero-order valence-electron chi connectivity index (χ0n) is 7.87. The molecule has 0 bridgehead atoms. The molecule has 0 aromatic heterocycles. The van der Waals surface area contributed by atoms with Crippen molar-refractivity contribution in [3.8, 4) is 11.5 Å². The lowest BCUT2D eigenvalue weighted by atomic mass is 10.1. The lowest BCUT2D eigenvalue weighted by Crippen LogP contribution is -2.11. The molecule has 1 aliphatic carbocycles. The van der Waals surface area contributed by atoms with Crippen molar-refractivity contribution in [1.82, 2.24) is 0 Å². The third-order valence-electron chi connectivity index (χ3n) is 2.68. The van der Waals surface area contributed by atoms with Gasteiger partial charge in [0.2, 0.25) is 6.29 Å². The first-order valence-electron chi connectivity index (χ1n) is 4.77. The number of carbonyl (C=O) groups is 1. The molecule has 2 aliphatic rings. The van der Waals surface area contributed by atoms with Gasteiger partial charge in [0.1, 0.15) is 0 Å². The summed E-state index contributed by atoms with van der Waals surface area (Å²) in [5.74, 6) is 1.68. The predicted octanol–water partition coefficient (Wildman–Crippen LogP) is 1.93. The van der Waals surface area contributed by atoms with E-state index in [1.807, 2.05) is 19.1 Å². The third-order valence-corrected chi connectivity index (χ3v) is 2.68. The molecule has 0 N–H and O–H groups in total. The van der Waals surface area contributed by atoms with E-state index in [9.17, 15) is 4.79 Å². The Morgan fingerprint density at radius 1 is 1.21 bits per heavy atom. The van der Waals surface area contributed by atoms with Crippen LogP contribution in [-0.4, -0.2) is 12.1 Å². The molecule has 14 heavy (non-hydrogen) atoms. The summed E-state index contributed by atoms with van der Waals surface area (Å²) in [5.41, 5.74) is 1.90. The summed E-state index contributed by atoms with van der Waals surface area (Å²) in [7, 11) is 0. The maximum atomic E-state index is 11.5. The molecule has 3 nitrogen and oxygen atoms in total. The summed E-state index contributed by atoms with van der Waals surface area (Å²) in [6, 6.07) is 3.74. The molecule has 1 atom stereocenters. The van der Waals surface area contributed by atoms with Crippen molar-refractivity contribution in [2.75, 3.05) is 0 Å². The second-order valence-corrected chi connectivity index (χ2v) is 3.68. The Balaban J connectivity index is 2.14. The van der Waals surface area contributed by atoms with E-state index in [0.29, 0.717) is 12.2 Å². The van der Waals surface area contributed by atoms with E-state index >= 15 is 0 Å². The van der Waals surface area contributed by atoms with Crippen LogP contribution in [-0.2, 0) is 6.42 Å². The van der Waals surface area contributed by atoms with Crippen molar-refractivity contribution >= 4 is 5.78 Å². The summed E-state index contributed by atoms with van der Waals surface area (Å²) in [5, 5.41) is 0. The summed E-state index contributed by atoms with van der Waals surface area (Å²) in [6.07, 6.45) is 1.22. The number of fused-ring (bicyclic) bond motifs is 2. The first-order chi connectivity index (χ1) is 6.74. The van der Waals surface area contributed by atoms with E-state index in [2.05, 4.69) is 0 Å². The van der Waals surface area contributed by atoms with Crippen molar-refractivity contribution < 1.29 is 14.3 Å². The van der Waals surface area contributed by atoms with E-state index in [1.54, 1.807) is 0 Å². The Hall–Kier alpha value is -1.51. The highest BCUT2D eigenvalue weighted by Crippen LogP contribution is 2.39. The van der Waals surface area contributed by atoms with E-state index in [4.69, 9.17) is 9.47 Å². The van der Waals surface area contributed by atoms with Crippen molar-refractivity contribution in [2.24, 2.45) is 0 Å². The summed E-state index contributed by atoms with van der Waals surface area (Å²) < 4.78 is 10.8. The molecule has 1 aromatic carbocycles. The van der Waals surface area contributed by atoms with Gasteiger partial charge in [-0.1, -0.05) is 0 Å². The van der Waals surface area contributed by atoms with Crippen LogP contribution in [0.2, 0.25) is 0 Å². The molecule has 1 aromatic rings. The van der Waals surface area contributed by atoms with Crippen molar-refractivity contribution in [3.63, 3.8) is 0 Å². The van der Waals surface area contributed by atoms with Gasteiger partial charge in [-0.15, -0.1) is 0 Å². The highest BCUT2D eigenvalue weighted by molar-refractivity contribution is 6.01. The molecule has 0 spiro atoms. The first-order valence-corrected chi connectivity index (χ1v) is 4.77. The van der Waals surface area contributed by atoms with E-state index in [1.165, 1.54) is 0 Å². The number of benzene rings is 1. The van der Waals surface area contributed by atoms with Gasteiger partial charge >= 0.3 is 0 Å². The van der Waals surface area contributed by atoms with Gasteiger partial charge in [0.25, 0.3) is 0 Å². The molecule has 3 rings (SSSR count). The van der Waals surface area contributed by atoms with Gasteiger partial charge in [0.15, 0.2) is 17.3 Å². The van der Waals surface area contributed by atoms with Gasteiger partial charge in [-0.25, -0.2) is 0 Å². The quantitative estimate of drug-likeness (QED) is 0.627. The van der Waals surface area contributed by atoms with Crippen LogP contribution in [0.15, 0.2) is 12.1 Å². The molecule has 3 heteroatoms. The minimum absolute atomic E-state index is 0.214. The number of hydrogen-bond donors (Lipinski definition) is 0. The fourth-order valence-corrected chi connectivity index (χ4v) is 2.02. The molecule has 1 heterocycles. The second-order valence-electron chi connectivity index (χ2n) is 3.68. The fourth-order valence-electron chi connectivity index (χ4n) is 2.02. The van der Waals surface area contributed by atoms with Crippen LogP contribution in [0.3, 0.4) is 0 Å². The smallest absolute Gasteiger partial charge is 0.238 e. The molecule has 0 radical (unpaired) electrons. The van der Waals surface area contributed by atoms with Gasteiger partial charge in [-0.3, -0.25) is 4.79 Å². The van der Waals surface area contributed by atoms with Crippen LogP contribution in [0.25, 0.3) is 0 Å². The average molecular weight is 190 g/mol. The van der Waals surface area contributed by atoms with Gasteiger partial charge < -0.3 is 9.47 Å². The van der Waals surface area contributed by atoms with Gasteiger partial charge in [0.05, 0.1) is 0 Å². The first kappa shape index (κ1) is 7.85. The Bertz CT molecular complexity index is 423. The topological polar surface area (TPSA) is 35.5 Å². The summed E-state index contributed by atoms with van der Waals surface area (Å²) in [6.45, 7) is 1.84. The molecule has 0 saturated heterocycles. The number of Topliss-reactive ketones (excluding diaryl/α,β-unsaturated/α-hetero) is 1. The molecule has 72 valence electrons. The Morgan fingerprint density at radius 3 is 2.71 bits per heavy atom. The van der Waals surface area contributed by atoms with Gasteiger partial charge in [-0.2, -0.15) is 0 Å². The Labute approximate surface area is 81.6 Å². The molecule has 0 fully saturated rings. The molecule has 1 aliphatic heterocycles. The van der Waals surface area contributed by atoms with Crippen LogP contribution in [0.1, 0.15) is 29.3 Å². The zero-order valence-corrected chi connectivity index (χ0v) is 7.87. The number of ketones is 1. The lowest BCUT2D eigenvalue weighted by Gasteiger charge is -1.99. The van der Waals surface area contributed by atoms with E-state index in [0.717, 1.165) is 23.3 Å². The molecular weight excluding hydrogens is 180 g/mol. The predicted molar refractivity (Wildman–Crippen MR) is 49.8 cm³/mol. The van der Waals surface area contributed by atoms with Gasteiger partial charge in [-0.05, 0) is 24.1 Å². The average Bonchev–Trinajstić information content (AvgIpc) is 2.66. The monoisotopic (exact) mass is 190 g/mol. The largest absolute Gasteiger partial charge is 0.451 e. The zero-order chi connectivity index (χ0) is 9.71. The normalized spacial score (nSPS) is 22.6. The SMILES string of the molecule is CC1Oc2cc3c(cc2O1)C(=O)CC3. The van der Waals surface area contributed by atoms with Crippen LogP contribution in [0, 0.1) is 0 Å². The molecule has 0 amide bonds. The maximum Gasteiger partial charge on any atom is 0.238 e. The minimum atomic E-state index is -0.234. The minimum Gasteiger partial charge on any atom is -0.451 e. The second kappa shape index (κ2) is 2.50. The van der Waals surface area contributed by atoms with Crippen molar-refractivity contribution in [3.05, 3.63) is 23.3 Å². The molecule has 1 unspecified atom stereocenters. The number of carbonyl (C=O) groups excluding carboxylic acids is 1. The van der Waals surface area contributed by atoms with Crippen molar-refractivity contribution in [1.29, 1.82) is 0 Å². The third kappa shape index (κ3) is 0.953. The number of rotatable bonds is 0. The van der Waals surface area contributed by atoms with Crippen LogP contribution >= 0.6 is 0 Å². The van der Waals surface area contributed by atoms with Gasteiger partial charge in [0, 0.05) is 18.9 Å². The Morgan fingerprint density at radius 2 is 1.93 bits per heavy atom. The number of aryl methyl sites for hydroxylation is 1. The number of ether oxygens (including phenoxy) is 2. The lowest BCUT2D eigenvalue weighted by molar-refractivity contribution is 0.0677. The van der Waals surface area contributed by atoms with E-state index in [-0.39, 0.29) is 12.1 Å². The van der Waals surface area contributed by atoms with Crippen LogP contribution in [0.5, 0.6) is 11.5 Å². The Kier molecular flexibility index (Phi) is 1.40. The summed E-state index contributed by atoms with van der Waals surface area (Å²) in [4.78, 5) is 11.5. The van der Waals surface area contributed by atoms with Crippen molar-refractivity contribution in [2.45, 2.75) is 26.1 Å². The standard InChI is InChI=1S/C11H10O3/c1-6-13-10-4-7-2-3-9(12)8(7)5-11(10)14-6/h4-6H,2-3H2,1H3. The van der Waals surface area contributed by atoms with Crippen LogP contribution < -0.4 is 9.47 Å². The summed E-state index contributed by atoms with van der Waals surface area (Å²) >= 11 is 0. The number of hydrogen-bond acceptors (Lipinski definition) is 3. The molecular formula is C11H10O3. The van der Waals surface area contributed by atoms with E-state index < -0.39 is 0 Å².